The van der Waals surface area contributed by atoms with Gasteiger partial charge >= 0.3 is 0 Å². The number of sulfone groups is 1. The summed E-state index contributed by atoms with van der Waals surface area (Å²) in [6.45, 7) is 0.321. The van der Waals surface area contributed by atoms with Crippen molar-refractivity contribution >= 4 is 15.4 Å². The van der Waals surface area contributed by atoms with E-state index in [2.05, 4.69) is 0 Å². The lowest BCUT2D eigenvalue weighted by molar-refractivity contribution is 0.369. The third kappa shape index (κ3) is 2.63. The Morgan fingerprint density at radius 2 is 1.82 bits per heavy atom. The van der Waals surface area contributed by atoms with Gasteiger partial charge in [0.2, 0.25) is 9.84 Å². The van der Waals surface area contributed by atoms with Crippen molar-refractivity contribution in [2.24, 2.45) is 5.73 Å². The summed E-state index contributed by atoms with van der Waals surface area (Å²) < 4.78 is 42.8. The van der Waals surface area contributed by atoms with Crippen molar-refractivity contribution < 1.29 is 17.5 Å². The van der Waals surface area contributed by atoms with Gasteiger partial charge in [-0.2, -0.15) is 0 Å². The minimum absolute atomic E-state index is 0.0782. The molecule has 2 aromatic carbocycles. The van der Waals surface area contributed by atoms with Crippen molar-refractivity contribution in [1.29, 1.82) is 0 Å². The number of halogens is 1. The highest BCUT2D eigenvalue weighted by Crippen LogP contribution is 2.36. The van der Waals surface area contributed by atoms with Gasteiger partial charge in [0.05, 0.1) is 4.90 Å². The van der Waals surface area contributed by atoms with E-state index in [1.54, 1.807) is 18.2 Å². The molecule has 0 amide bonds. The molecule has 2 N–H and O–H groups in total. The Kier molecular flexibility index (Phi) is 3.72. The second kappa shape index (κ2) is 5.55. The zero-order valence-corrected chi connectivity index (χ0v) is 12.4. The van der Waals surface area contributed by atoms with Gasteiger partial charge in [0.1, 0.15) is 18.2 Å². The first-order valence-electron chi connectivity index (χ1n) is 6.67. The molecule has 0 unspecified atom stereocenters. The molecular weight excluding hydrogens is 305 g/mol. The predicted molar refractivity (Wildman–Crippen MR) is 81.4 cm³/mol. The zero-order valence-electron chi connectivity index (χ0n) is 11.6. The van der Waals surface area contributed by atoms with Crippen LogP contribution in [-0.2, 0) is 16.4 Å². The highest BCUT2D eigenvalue weighted by atomic mass is 32.2. The van der Waals surface area contributed by atoms with Crippen molar-refractivity contribution in [3.8, 4) is 5.75 Å². The number of hydrogen-bond acceptors (Lipinski definition) is 4. The van der Waals surface area contributed by atoms with Gasteiger partial charge < -0.3 is 10.5 Å². The number of hydrogen-bond donors (Lipinski definition) is 1. The summed E-state index contributed by atoms with van der Waals surface area (Å²) in [6, 6.07) is 10.6. The van der Waals surface area contributed by atoms with Crippen molar-refractivity contribution in [2.45, 2.75) is 11.4 Å². The Hall–Kier alpha value is -2.18. The van der Waals surface area contributed by atoms with Crippen LogP contribution in [0.4, 0.5) is 4.39 Å². The first-order valence-corrected chi connectivity index (χ1v) is 8.22. The van der Waals surface area contributed by atoms with Gasteiger partial charge in [0.15, 0.2) is 0 Å². The van der Waals surface area contributed by atoms with Crippen molar-refractivity contribution in [3.63, 3.8) is 0 Å². The van der Waals surface area contributed by atoms with Gasteiger partial charge in [-0.25, -0.2) is 12.8 Å². The Morgan fingerprint density at radius 1 is 1.09 bits per heavy atom. The molecule has 1 aliphatic heterocycles. The fourth-order valence-corrected chi connectivity index (χ4v) is 3.96. The van der Waals surface area contributed by atoms with Crippen LogP contribution >= 0.6 is 0 Å². The van der Waals surface area contributed by atoms with E-state index in [0.29, 0.717) is 16.9 Å². The van der Waals surface area contributed by atoms with Crippen LogP contribution in [0.15, 0.2) is 52.8 Å². The van der Waals surface area contributed by atoms with E-state index >= 15 is 0 Å². The maximum absolute atomic E-state index is 12.9. The number of nitrogens with two attached hydrogens (primary N) is 1. The van der Waals surface area contributed by atoms with E-state index in [4.69, 9.17) is 10.5 Å². The van der Waals surface area contributed by atoms with Crippen LogP contribution in [0.3, 0.4) is 0 Å². The molecule has 0 saturated heterocycles. The molecule has 0 radical (unpaired) electrons. The first kappa shape index (κ1) is 14.7. The Morgan fingerprint density at radius 3 is 2.50 bits per heavy atom. The fraction of sp³-hybridized carbons (Fsp3) is 0.125. The van der Waals surface area contributed by atoms with E-state index in [1.807, 2.05) is 0 Å². The maximum Gasteiger partial charge on any atom is 0.200 e. The van der Waals surface area contributed by atoms with Gasteiger partial charge in [-0.05, 0) is 35.9 Å². The molecule has 1 aliphatic rings. The molecule has 3 rings (SSSR count). The topological polar surface area (TPSA) is 69.4 Å². The lowest BCUT2D eigenvalue weighted by Gasteiger charge is -2.11. The number of fused-ring (bicyclic) bond motifs is 1. The van der Waals surface area contributed by atoms with Crippen LogP contribution in [0, 0.1) is 5.82 Å². The van der Waals surface area contributed by atoms with E-state index in [0.717, 1.165) is 5.56 Å². The predicted octanol–water partition coefficient (Wildman–Crippen LogP) is 2.49. The molecule has 0 aromatic heterocycles. The molecule has 1 heterocycles. The quantitative estimate of drug-likeness (QED) is 0.940. The molecule has 0 atom stereocenters. The second-order valence-corrected chi connectivity index (χ2v) is 6.69. The number of benzene rings is 2. The second-order valence-electron chi connectivity index (χ2n) is 4.93. The lowest BCUT2D eigenvalue weighted by Crippen LogP contribution is -2.06. The van der Waals surface area contributed by atoms with Crippen molar-refractivity contribution in [3.05, 3.63) is 64.8 Å². The van der Waals surface area contributed by atoms with Crippen LogP contribution in [0.25, 0.3) is 5.57 Å². The first-order chi connectivity index (χ1) is 10.5. The normalized spacial score (nSPS) is 15.3. The zero-order chi connectivity index (χ0) is 15.7. The Labute approximate surface area is 127 Å². The molecular formula is C16H14FNO3S. The van der Waals surface area contributed by atoms with Gasteiger partial charge in [-0.15, -0.1) is 0 Å². The van der Waals surface area contributed by atoms with Crippen LogP contribution in [-0.4, -0.2) is 15.0 Å². The molecule has 0 spiro atoms. The molecule has 6 heteroatoms. The van der Waals surface area contributed by atoms with Crippen LogP contribution in [0.2, 0.25) is 0 Å². The third-order valence-electron chi connectivity index (χ3n) is 3.47. The average molecular weight is 319 g/mol. The molecule has 4 nitrogen and oxygen atoms in total. The van der Waals surface area contributed by atoms with E-state index in [-0.39, 0.29) is 23.9 Å². The number of rotatable bonds is 4. The van der Waals surface area contributed by atoms with Crippen LogP contribution in [0.1, 0.15) is 11.1 Å². The Bertz CT molecular complexity index is 842. The summed E-state index contributed by atoms with van der Waals surface area (Å²) in [5.74, 6) is 0.115. The number of ether oxygens (including phenoxy) is 1. The van der Waals surface area contributed by atoms with Crippen molar-refractivity contribution in [1.82, 2.24) is 0 Å². The molecule has 2 aromatic rings. The minimum Gasteiger partial charge on any atom is -0.489 e. The third-order valence-corrected chi connectivity index (χ3v) is 5.01. The van der Waals surface area contributed by atoms with Gasteiger partial charge in [0.25, 0.3) is 0 Å². The summed E-state index contributed by atoms with van der Waals surface area (Å²) in [5, 5.41) is 1.21. The maximum atomic E-state index is 12.9. The van der Waals surface area contributed by atoms with Gasteiger partial charge in [0, 0.05) is 23.1 Å². The molecule has 114 valence electrons. The van der Waals surface area contributed by atoms with Crippen molar-refractivity contribution in [2.75, 3.05) is 6.61 Å². The summed E-state index contributed by atoms with van der Waals surface area (Å²) in [5.41, 5.74) is 7.62. The van der Waals surface area contributed by atoms with Gasteiger partial charge in [-0.3, -0.25) is 0 Å². The van der Waals surface area contributed by atoms with Gasteiger partial charge in [-0.1, -0.05) is 12.1 Å². The molecule has 0 aliphatic carbocycles. The highest BCUT2D eigenvalue weighted by Gasteiger charge is 2.28. The summed E-state index contributed by atoms with van der Waals surface area (Å²) in [6.07, 6.45) is 0. The Balaban J connectivity index is 1.91. The average Bonchev–Trinajstić information content (AvgIpc) is 2.78. The van der Waals surface area contributed by atoms with E-state index in [9.17, 15) is 12.8 Å². The minimum atomic E-state index is -3.46. The molecule has 0 bridgehead atoms. The molecule has 0 saturated carbocycles. The smallest absolute Gasteiger partial charge is 0.200 e. The van der Waals surface area contributed by atoms with Crippen LogP contribution < -0.4 is 10.5 Å². The van der Waals surface area contributed by atoms with Crippen LogP contribution in [0.5, 0.6) is 5.75 Å². The van der Waals surface area contributed by atoms with E-state index < -0.39 is 9.84 Å². The fourth-order valence-electron chi connectivity index (χ4n) is 2.46. The SMILES string of the molecule is NCc1cccc2c1C(COc1ccc(F)cc1)=CS2(=O)=O. The lowest BCUT2D eigenvalue weighted by atomic mass is 10.0. The summed E-state index contributed by atoms with van der Waals surface area (Å²) in [4.78, 5) is 0.258. The molecule has 22 heavy (non-hydrogen) atoms. The highest BCUT2D eigenvalue weighted by molar-refractivity contribution is 7.95. The summed E-state index contributed by atoms with van der Waals surface area (Å²) in [7, 11) is -3.46. The monoisotopic (exact) mass is 319 g/mol. The largest absolute Gasteiger partial charge is 0.489 e. The van der Waals surface area contributed by atoms with E-state index in [1.165, 1.54) is 29.7 Å². The summed E-state index contributed by atoms with van der Waals surface area (Å²) >= 11 is 0. The molecule has 0 fully saturated rings. The standard InChI is InChI=1S/C16H14FNO3S/c17-13-4-6-14(7-5-13)21-9-12-10-22(19,20)15-3-1-2-11(8-18)16(12)15/h1-7,10H,8-9,18H2.